The van der Waals surface area contributed by atoms with Crippen LogP contribution in [0.2, 0.25) is 0 Å². The smallest absolute Gasteiger partial charge is 0.278 e. The van der Waals surface area contributed by atoms with Crippen LogP contribution < -0.4 is 5.32 Å². The maximum Gasteiger partial charge on any atom is 0.278 e. The molecule has 3 rings (SSSR count). The standard InChI is InChI=1S/C15H15N3O4S2/c1-8-4-5-10-11(6-8)24(21,22)18(3)12(13(10)19)14(20)17-15-16-7-9(2)23-15/h4-7,19H,1-3H3,(H,16,17,20). The van der Waals surface area contributed by atoms with Gasteiger partial charge >= 0.3 is 0 Å². The minimum absolute atomic E-state index is 0.0239. The Kier molecular flexibility index (Phi) is 3.84. The van der Waals surface area contributed by atoms with Gasteiger partial charge in [-0.25, -0.2) is 13.4 Å². The summed E-state index contributed by atoms with van der Waals surface area (Å²) in [5, 5.41) is 13.3. The van der Waals surface area contributed by atoms with E-state index in [-0.39, 0.29) is 21.9 Å². The number of rotatable bonds is 2. The van der Waals surface area contributed by atoms with E-state index < -0.39 is 15.9 Å². The van der Waals surface area contributed by atoms with Crippen LogP contribution >= 0.6 is 11.3 Å². The van der Waals surface area contributed by atoms with E-state index in [4.69, 9.17) is 0 Å². The molecule has 126 valence electrons. The minimum atomic E-state index is -3.92. The monoisotopic (exact) mass is 365 g/mol. The summed E-state index contributed by atoms with van der Waals surface area (Å²) < 4.78 is 26.1. The van der Waals surface area contributed by atoms with Gasteiger partial charge in [-0.05, 0) is 31.5 Å². The van der Waals surface area contributed by atoms with E-state index in [1.165, 1.54) is 30.5 Å². The first-order valence-electron chi connectivity index (χ1n) is 6.99. The van der Waals surface area contributed by atoms with Crippen LogP contribution in [0.15, 0.2) is 35.0 Å². The van der Waals surface area contributed by atoms with Gasteiger partial charge in [0.15, 0.2) is 16.6 Å². The number of amides is 1. The number of hydrogen-bond acceptors (Lipinski definition) is 6. The van der Waals surface area contributed by atoms with Crippen LogP contribution in [0.4, 0.5) is 5.13 Å². The second-order valence-corrected chi connectivity index (χ2v) is 8.57. The van der Waals surface area contributed by atoms with Gasteiger partial charge < -0.3 is 5.11 Å². The lowest BCUT2D eigenvalue weighted by Crippen LogP contribution is -2.37. The van der Waals surface area contributed by atoms with Crippen molar-refractivity contribution in [1.82, 2.24) is 9.29 Å². The van der Waals surface area contributed by atoms with E-state index in [0.29, 0.717) is 5.13 Å². The Labute approximate surface area is 143 Å². The van der Waals surface area contributed by atoms with Gasteiger partial charge in [-0.1, -0.05) is 6.07 Å². The Balaban J connectivity index is 2.11. The second kappa shape index (κ2) is 5.60. The molecule has 24 heavy (non-hydrogen) atoms. The van der Waals surface area contributed by atoms with Crippen LogP contribution in [-0.2, 0) is 14.8 Å². The number of nitrogens with one attached hydrogen (secondary N) is 1. The lowest BCUT2D eigenvalue weighted by atomic mass is 10.1. The zero-order valence-electron chi connectivity index (χ0n) is 13.2. The number of anilines is 1. The molecule has 0 aliphatic carbocycles. The van der Waals surface area contributed by atoms with Gasteiger partial charge in [0.25, 0.3) is 15.9 Å². The van der Waals surface area contributed by atoms with Gasteiger partial charge in [-0.3, -0.25) is 14.4 Å². The van der Waals surface area contributed by atoms with Crippen molar-refractivity contribution in [2.24, 2.45) is 0 Å². The number of aryl methyl sites for hydroxylation is 2. The van der Waals surface area contributed by atoms with Crippen LogP contribution in [0.1, 0.15) is 16.0 Å². The lowest BCUT2D eigenvalue weighted by molar-refractivity contribution is -0.113. The number of hydrogen-bond donors (Lipinski definition) is 2. The third-order valence-corrected chi connectivity index (χ3v) is 6.25. The number of aromatic nitrogens is 1. The summed E-state index contributed by atoms with van der Waals surface area (Å²) >= 11 is 1.25. The molecule has 7 nitrogen and oxygen atoms in total. The number of carbonyl (C=O) groups is 1. The molecule has 9 heteroatoms. The highest BCUT2D eigenvalue weighted by atomic mass is 32.2. The van der Waals surface area contributed by atoms with Gasteiger partial charge in [0.2, 0.25) is 0 Å². The largest absolute Gasteiger partial charge is 0.505 e. The molecule has 1 aromatic heterocycles. The molecule has 0 spiro atoms. The molecule has 0 saturated carbocycles. The summed E-state index contributed by atoms with van der Waals surface area (Å²) in [7, 11) is -2.68. The molecule has 0 radical (unpaired) electrons. The molecule has 1 aliphatic rings. The molecule has 2 N–H and O–H groups in total. The molecule has 0 fully saturated rings. The van der Waals surface area contributed by atoms with Gasteiger partial charge in [-0.2, -0.15) is 0 Å². The number of thiazole rings is 1. The number of benzene rings is 1. The van der Waals surface area contributed by atoms with Crippen LogP contribution in [0.5, 0.6) is 0 Å². The van der Waals surface area contributed by atoms with Crippen LogP contribution in [0.25, 0.3) is 5.76 Å². The maximum absolute atomic E-state index is 12.7. The zero-order chi connectivity index (χ0) is 17.6. The highest BCUT2D eigenvalue weighted by Gasteiger charge is 2.38. The van der Waals surface area contributed by atoms with Crippen LogP contribution in [-0.4, -0.2) is 35.8 Å². The molecule has 0 saturated heterocycles. The Morgan fingerprint density at radius 3 is 2.67 bits per heavy atom. The van der Waals surface area contributed by atoms with E-state index in [2.05, 4.69) is 10.3 Å². The first-order valence-corrected chi connectivity index (χ1v) is 9.24. The van der Waals surface area contributed by atoms with Crippen molar-refractivity contribution in [1.29, 1.82) is 0 Å². The highest BCUT2D eigenvalue weighted by Crippen LogP contribution is 2.35. The average molecular weight is 365 g/mol. The lowest BCUT2D eigenvalue weighted by Gasteiger charge is -2.28. The number of fused-ring (bicyclic) bond motifs is 1. The van der Waals surface area contributed by atoms with E-state index in [9.17, 15) is 18.3 Å². The molecule has 1 amide bonds. The van der Waals surface area contributed by atoms with E-state index in [0.717, 1.165) is 14.7 Å². The number of aliphatic hydroxyl groups is 1. The summed E-state index contributed by atoms with van der Waals surface area (Å²) in [6.45, 7) is 3.59. The Morgan fingerprint density at radius 1 is 1.33 bits per heavy atom. The maximum atomic E-state index is 12.7. The molecular formula is C15H15N3O4S2. The van der Waals surface area contributed by atoms with E-state index >= 15 is 0 Å². The molecule has 0 atom stereocenters. The summed E-state index contributed by atoms with van der Waals surface area (Å²) in [5.41, 5.74) is 0.517. The number of carbonyl (C=O) groups excluding carboxylic acids is 1. The summed E-state index contributed by atoms with van der Waals surface area (Å²) in [6.07, 6.45) is 1.59. The van der Waals surface area contributed by atoms with Crippen LogP contribution in [0, 0.1) is 13.8 Å². The average Bonchev–Trinajstić information content (AvgIpc) is 2.91. The normalized spacial score (nSPS) is 16.0. The summed E-state index contributed by atoms with van der Waals surface area (Å²) in [6, 6.07) is 4.64. The zero-order valence-corrected chi connectivity index (χ0v) is 14.8. The van der Waals surface area contributed by atoms with Crippen molar-refractivity contribution in [2.75, 3.05) is 12.4 Å². The summed E-state index contributed by atoms with van der Waals surface area (Å²) in [5.74, 6) is -1.12. The Bertz CT molecular complexity index is 976. The number of likely N-dealkylation sites (N-methyl/N-ethyl adjacent to an activating group) is 1. The SMILES string of the molecule is Cc1ccc2c(c1)S(=O)(=O)N(C)C(C(=O)Nc1ncc(C)s1)=C2O. The molecule has 1 aromatic carbocycles. The fourth-order valence-electron chi connectivity index (χ4n) is 2.40. The third kappa shape index (κ3) is 2.55. The summed E-state index contributed by atoms with van der Waals surface area (Å²) in [4.78, 5) is 17.4. The first kappa shape index (κ1) is 16.5. The number of nitrogens with zero attached hydrogens (tertiary/aromatic N) is 2. The fraction of sp³-hybridized carbons (Fsp3) is 0.200. The second-order valence-electron chi connectivity index (χ2n) is 5.40. The van der Waals surface area contributed by atoms with Crippen molar-refractivity contribution < 1.29 is 18.3 Å². The number of aliphatic hydroxyl groups excluding tert-OH is 1. The van der Waals surface area contributed by atoms with Crippen molar-refractivity contribution in [2.45, 2.75) is 18.7 Å². The van der Waals surface area contributed by atoms with Crippen molar-refractivity contribution >= 4 is 38.2 Å². The quantitative estimate of drug-likeness (QED) is 0.850. The van der Waals surface area contributed by atoms with E-state index in [1.807, 2.05) is 6.92 Å². The minimum Gasteiger partial charge on any atom is -0.505 e. The van der Waals surface area contributed by atoms with Crippen molar-refractivity contribution in [3.05, 3.63) is 46.1 Å². The molecule has 0 unspecified atom stereocenters. The molecule has 1 aliphatic heterocycles. The Morgan fingerprint density at radius 2 is 2.04 bits per heavy atom. The predicted octanol–water partition coefficient (Wildman–Crippen LogP) is 2.26. The van der Waals surface area contributed by atoms with Crippen LogP contribution in [0.3, 0.4) is 0 Å². The highest BCUT2D eigenvalue weighted by molar-refractivity contribution is 7.89. The molecular weight excluding hydrogens is 350 g/mol. The third-order valence-electron chi connectivity index (χ3n) is 3.63. The Hall–Kier alpha value is -2.39. The van der Waals surface area contributed by atoms with Gasteiger partial charge in [0.05, 0.1) is 4.90 Å². The topological polar surface area (TPSA) is 99.6 Å². The van der Waals surface area contributed by atoms with E-state index in [1.54, 1.807) is 19.2 Å². The molecule has 2 heterocycles. The van der Waals surface area contributed by atoms with Crippen molar-refractivity contribution in [3.63, 3.8) is 0 Å². The van der Waals surface area contributed by atoms with Gasteiger partial charge in [0, 0.05) is 23.7 Å². The first-order chi connectivity index (χ1) is 11.2. The fourth-order valence-corrected chi connectivity index (χ4v) is 4.54. The molecule has 0 bridgehead atoms. The van der Waals surface area contributed by atoms with Crippen molar-refractivity contribution in [3.8, 4) is 0 Å². The number of sulfonamides is 1. The van der Waals surface area contributed by atoms with Gasteiger partial charge in [-0.15, -0.1) is 11.3 Å². The van der Waals surface area contributed by atoms with Gasteiger partial charge in [0.1, 0.15) is 0 Å². The predicted molar refractivity (Wildman–Crippen MR) is 91.2 cm³/mol. The molecule has 2 aromatic rings.